The second-order valence-corrected chi connectivity index (χ2v) is 7.87. The summed E-state index contributed by atoms with van der Waals surface area (Å²) in [6, 6.07) is 7.04. The van der Waals surface area contributed by atoms with E-state index in [4.69, 9.17) is 0 Å². The topological polar surface area (TPSA) is 59.3 Å². The Morgan fingerprint density at radius 3 is 2.82 bits per heavy atom. The van der Waals surface area contributed by atoms with Gasteiger partial charge in [-0.1, -0.05) is 42.9 Å². The molecule has 2 aromatic heterocycles. The van der Waals surface area contributed by atoms with Crippen molar-refractivity contribution in [2.45, 2.75) is 50.7 Å². The maximum Gasteiger partial charge on any atom is 0.416 e. The molecule has 0 amide bonds. The number of aryl methyl sites for hydroxylation is 1. The SMILES string of the molecule is CCc1cc(=O)n2nc(NC3CCCC3c3ccccc3C(F)(F)F)sc2n1. The first-order valence-corrected chi connectivity index (χ1v) is 10.0. The molecule has 1 aromatic carbocycles. The summed E-state index contributed by atoms with van der Waals surface area (Å²) in [6.07, 6.45) is -1.49. The molecule has 1 fully saturated rings. The number of nitrogens with one attached hydrogen (secondary N) is 1. The number of anilines is 1. The van der Waals surface area contributed by atoms with Gasteiger partial charge < -0.3 is 5.32 Å². The van der Waals surface area contributed by atoms with Crippen molar-refractivity contribution in [1.29, 1.82) is 0 Å². The number of hydrogen-bond acceptors (Lipinski definition) is 5. The molecule has 1 N–H and O–H groups in total. The van der Waals surface area contributed by atoms with E-state index in [9.17, 15) is 18.0 Å². The van der Waals surface area contributed by atoms with Crippen molar-refractivity contribution >= 4 is 21.4 Å². The Labute approximate surface area is 163 Å². The third kappa shape index (κ3) is 3.50. The van der Waals surface area contributed by atoms with Crippen LogP contribution in [0.2, 0.25) is 0 Å². The molecule has 5 nitrogen and oxygen atoms in total. The summed E-state index contributed by atoms with van der Waals surface area (Å²) in [5.74, 6) is -0.263. The summed E-state index contributed by atoms with van der Waals surface area (Å²) in [5, 5.41) is 8.04. The van der Waals surface area contributed by atoms with Crippen LogP contribution < -0.4 is 10.9 Å². The van der Waals surface area contributed by atoms with Crippen LogP contribution in [0.4, 0.5) is 18.3 Å². The molecule has 4 rings (SSSR count). The molecule has 1 aliphatic carbocycles. The first kappa shape index (κ1) is 18.9. The monoisotopic (exact) mass is 408 g/mol. The number of fused-ring (bicyclic) bond motifs is 1. The highest BCUT2D eigenvalue weighted by atomic mass is 32.1. The Morgan fingerprint density at radius 1 is 1.29 bits per heavy atom. The van der Waals surface area contributed by atoms with Gasteiger partial charge >= 0.3 is 6.18 Å². The van der Waals surface area contributed by atoms with Crippen molar-refractivity contribution in [3.8, 4) is 0 Å². The summed E-state index contributed by atoms with van der Waals surface area (Å²) in [6.45, 7) is 1.92. The lowest BCUT2D eigenvalue weighted by Gasteiger charge is -2.24. The molecule has 0 spiro atoms. The van der Waals surface area contributed by atoms with Crippen LogP contribution in [0.5, 0.6) is 0 Å². The highest BCUT2D eigenvalue weighted by Gasteiger charge is 2.38. The fraction of sp³-hybridized carbons (Fsp3) is 0.421. The largest absolute Gasteiger partial charge is 0.416 e. The van der Waals surface area contributed by atoms with E-state index in [1.807, 2.05) is 6.92 Å². The summed E-state index contributed by atoms with van der Waals surface area (Å²) in [7, 11) is 0. The first-order chi connectivity index (χ1) is 13.4. The van der Waals surface area contributed by atoms with E-state index in [-0.39, 0.29) is 17.5 Å². The van der Waals surface area contributed by atoms with E-state index in [0.29, 0.717) is 34.2 Å². The molecule has 2 unspecified atom stereocenters. The zero-order chi connectivity index (χ0) is 19.9. The van der Waals surface area contributed by atoms with Gasteiger partial charge in [0, 0.05) is 23.7 Å². The van der Waals surface area contributed by atoms with E-state index >= 15 is 0 Å². The average Bonchev–Trinajstić information content (AvgIpc) is 3.28. The number of nitrogens with zero attached hydrogens (tertiary/aromatic N) is 3. The van der Waals surface area contributed by atoms with Crippen LogP contribution in [0.3, 0.4) is 0 Å². The summed E-state index contributed by atoms with van der Waals surface area (Å²) in [5.41, 5.74) is 0.174. The van der Waals surface area contributed by atoms with Crippen LogP contribution in [0.1, 0.15) is 48.9 Å². The average molecular weight is 408 g/mol. The zero-order valence-corrected chi connectivity index (χ0v) is 16.0. The molecule has 1 aliphatic rings. The minimum Gasteiger partial charge on any atom is -0.357 e. The van der Waals surface area contributed by atoms with Gasteiger partial charge in [0.1, 0.15) is 0 Å². The van der Waals surface area contributed by atoms with Crippen LogP contribution in [0.15, 0.2) is 35.1 Å². The van der Waals surface area contributed by atoms with Crippen molar-refractivity contribution in [2.24, 2.45) is 0 Å². The molecular weight excluding hydrogens is 389 g/mol. The van der Waals surface area contributed by atoms with Crippen LogP contribution in [-0.4, -0.2) is 20.6 Å². The second kappa shape index (κ2) is 7.20. The van der Waals surface area contributed by atoms with E-state index in [1.165, 1.54) is 28.0 Å². The standard InChI is InChI=1S/C19H19F3N4OS/c1-2-11-10-16(27)26-18(23-11)28-17(25-26)24-15-9-5-7-13(15)12-6-3-4-8-14(12)19(20,21)22/h3-4,6,8,10,13,15H,2,5,7,9H2,1H3,(H,24,25). The van der Waals surface area contributed by atoms with Gasteiger partial charge in [-0.05, 0) is 30.9 Å². The van der Waals surface area contributed by atoms with Crippen LogP contribution >= 0.6 is 11.3 Å². The number of rotatable bonds is 4. The van der Waals surface area contributed by atoms with E-state index in [2.05, 4.69) is 15.4 Å². The highest BCUT2D eigenvalue weighted by Crippen LogP contribution is 2.42. The Morgan fingerprint density at radius 2 is 2.07 bits per heavy atom. The number of benzene rings is 1. The van der Waals surface area contributed by atoms with E-state index < -0.39 is 11.7 Å². The predicted octanol–water partition coefficient (Wildman–Crippen LogP) is 4.48. The Kier molecular flexibility index (Phi) is 4.86. The Hall–Kier alpha value is -2.42. The third-order valence-corrected chi connectivity index (χ3v) is 5.99. The first-order valence-electron chi connectivity index (χ1n) is 9.19. The molecular formula is C19H19F3N4OS. The van der Waals surface area contributed by atoms with Gasteiger partial charge in [0.15, 0.2) is 0 Å². The van der Waals surface area contributed by atoms with Gasteiger partial charge in [-0.3, -0.25) is 4.79 Å². The van der Waals surface area contributed by atoms with Crippen molar-refractivity contribution in [1.82, 2.24) is 14.6 Å². The van der Waals surface area contributed by atoms with Gasteiger partial charge in [-0.2, -0.15) is 17.7 Å². The molecule has 1 saturated carbocycles. The van der Waals surface area contributed by atoms with Gasteiger partial charge in [0.25, 0.3) is 5.56 Å². The van der Waals surface area contributed by atoms with Crippen LogP contribution in [0, 0.1) is 0 Å². The normalized spacial score (nSPS) is 20.0. The molecule has 0 radical (unpaired) electrons. The van der Waals surface area contributed by atoms with Gasteiger partial charge in [0.05, 0.1) is 5.56 Å². The summed E-state index contributed by atoms with van der Waals surface area (Å²) < 4.78 is 41.5. The summed E-state index contributed by atoms with van der Waals surface area (Å²) >= 11 is 1.24. The maximum absolute atomic E-state index is 13.4. The molecule has 9 heteroatoms. The Bertz CT molecular complexity index is 1060. The van der Waals surface area contributed by atoms with E-state index in [0.717, 1.165) is 18.9 Å². The van der Waals surface area contributed by atoms with Crippen molar-refractivity contribution in [3.63, 3.8) is 0 Å². The molecule has 0 saturated heterocycles. The maximum atomic E-state index is 13.4. The second-order valence-electron chi connectivity index (χ2n) is 6.91. The summed E-state index contributed by atoms with van der Waals surface area (Å²) in [4.78, 5) is 17.1. The minimum absolute atomic E-state index is 0.176. The van der Waals surface area contributed by atoms with Gasteiger partial charge in [-0.15, -0.1) is 5.10 Å². The van der Waals surface area contributed by atoms with Gasteiger partial charge in [0.2, 0.25) is 10.1 Å². The molecule has 148 valence electrons. The fourth-order valence-electron chi connectivity index (χ4n) is 3.84. The molecule has 0 aliphatic heterocycles. The molecule has 28 heavy (non-hydrogen) atoms. The van der Waals surface area contributed by atoms with E-state index in [1.54, 1.807) is 12.1 Å². The highest BCUT2D eigenvalue weighted by molar-refractivity contribution is 7.20. The lowest BCUT2D eigenvalue weighted by atomic mass is 9.90. The fourth-order valence-corrected chi connectivity index (χ4v) is 4.72. The lowest BCUT2D eigenvalue weighted by molar-refractivity contribution is -0.138. The number of halogens is 3. The number of alkyl halides is 3. The van der Waals surface area contributed by atoms with Crippen molar-refractivity contribution in [3.05, 3.63) is 57.5 Å². The van der Waals surface area contributed by atoms with Crippen molar-refractivity contribution in [2.75, 3.05) is 5.32 Å². The molecule has 2 atom stereocenters. The Balaban J connectivity index is 1.65. The predicted molar refractivity (Wildman–Crippen MR) is 102 cm³/mol. The third-order valence-electron chi connectivity index (χ3n) is 5.15. The minimum atomic E-state index is -4.38. The molecule has 3 aromatic rings. The van der Waals surface area contributed by atoms with Crippen LogP contribution in [0.25, 0.3) is 4.96 Å². The molecule has 0 bridgehead atoms. The van der Waals surface area contributed by atoms with Crippen LogP contribution in [-0.2, 0) is 12.6 Å². The van der Waals surface area contributed by atoms with Crippen molar-refractivity contribution < 1.29 is 13.2 Å². The lowest BCUT2D eigenvalue weighted by Crippen LogP contribution is -2.25. The smallest absolute Gasteiger partial charge is 0.357 e. The van der Waals surface area contributed by atoms with Gasteiger partial charge in [-0.25, -0.2) is 4.98 Å². The number of hydrogen-bond donors (Lipinski definition) is 1. The quantitative estimate of drug-likeness (QED) is 0.692. The number of aromatic nitrogens is 3. The zero-order valence-electron chi connectivity index (χ0n) is 15.2. The molecule has 2 heterocycles.